The Morgan fingerprint density at radius 1 is 1.11 bits per heavy atom. The summed E-state index contributed by atoms with van der Waals surface area (Å²) in [6.07, 6.45) is -0.353. The number of hydrogen-bond donors (Lipinski definition) is 1. The minimum absolute atomic E-state index is 0.306. The summed E-state index contributed by atoms with van der Waals surface area (Å²) in [7, 11) is -1.93. The zero-order valence-electron chi connectivity index (χ0n) is 15.6. The van der Waals surface area contributed by atoms with Crippen LogP contribution in [-0.2, 0) is 11.0 Å². The van der Waals surface area contributed by atoms with Gasteiger partial charge in [0.1, 0.15) is 21.1 Å². The first-order chi connectivity index (χ1) is 12.8. The van der Waals surface area contributed by atoms with Crippen molar-refractivity contribution < 1.29 is 13.2 Å². The van der Waals surface area contributed by atoms with E-state index in [1.165, 1.54) is 12.1 Å². The van der Waals surface area contributed by atoms with Gasteiger partial charge in [0.25, 0.3) is 0 Å². The standard InChI is InChI=1S/C18H24Cl2F2N2OSSi/c1-4-27(5-2,6-3)25-15(16-17(19)24-26-18(16)20)11-23-10-12-7-13(21)9-14(22)8-12/h7-9,15,23H,4-6,10-11H2,1-3H3. The third-order valence-electron chi connectivity index (χ3n) is 4.87. The van der Waals surface area contributed by atoms with Gasteiger partial charge < -0.3 is 9.74 Å². The first-order valence-electron chi connectivity index (χ1n) is 8.98. The van der Waals surface area contributed by atoms with E-state index in [-0.39, 0.29) is 6.10 Å². The molecule has 1 N–H and O–H groups in total. The molecule has 9 heteroatoms. The second-order valence-corrected chi connectivity index (χ2v) is 12.9. The van der Waals surface area contributed by atoms with Crippen LogP contribution in [0.3, 0.4) is 0 Å². The van der Waals surface area contributed by atoms with E-state index in [0.29, 0.717) is 33.7 Å². The average molecular weight is 453 g/mol. The van der Waals surface area contributed by atoms with Gasteiger partial charge in [-0.05, 0) is 47.4 Å². The molecule has 2 aromatic rings. The highest BCUT2D eigenvalue weighted by atomic mass is 35.5. The second kappa shape index (κ2) is 10.3. The number of rotatable bonds is 10. The van der Waals surface area contributed by atoms with Crippen molar-refractivity contribution in [3.8, 4) is 0 Å². The summed E-state index contributed by atoms with van der Waals surface area (Å²) >= 11 is 13.7. The predicted octanol–water partition coefficient (Wildman–Crippen LogP) is 6.58. The van der Waals surface area contributed by atoms with Crippen molar-refractivity contribution in [3.63, 3.8) is 0 Å². The average Bonchev–Trinajstić information content (AvgIpc) is 2.96. The van der Waals surface area contributed by atoms with E-state index in [4.69, 9.17) is 27.6 Å². The lowest BCUT2D eigenvalue weighted by Gasteiger charge is -2.33. The minimum Gasteiger partial charge on any atom is -0.408 e. The maximum absolute atomic E-state index is 13.4. The van der Waals surface area contributed by atoms with E-state index in [1.54, 1.807) is 0 Å². The van der Waals surface area contributed by atoms with Crippen LogP contribution >= 0.6 is 34.7 Å². The number of hydrogen-bond acceptors (Lipinski definition) is 4. The summed E-state index contributed by atoms with van der Waals surface area (Å²) in [5.74, 6) is -1.19. The molecular formula is C18H24Cl2F2N2OSSi. The molecule has 0 aliphatic rings. The van der Waals surface area contributed by atoms with Gasteiger partial charge in [-0.3, -0.25) is 0 Å². The highest BCUT2D eigenvalue weighted by Crippen LogP contribution is 2.38. The van der Waals surface area contributed by atoms with Crippen LogP contribution in [0, 0.1) is 11.6 Å². The molecule has 1 atom stereocenters. The molecule has 0 amide bonds. The lowest BCUT2D eigenvalue weighted by Crippen LogP contribution is -2.39. The summed E-state index contributed by atoms with van der Waals surface area (Å²) in [6, 6.07) is 6.42. The molecule has 0 saturated carbocycles. The van der Waals surface area contributed by atoms with Gasteiger partial charge in [0.15, 0.2) is 8.32 Å². The number of nitrogens with one attached hydrogen (secondary N) is 1. The number of aromatic nitrogens is 1. The number of halogens is 4. The SMILES string of the molecule is CC[Si](CC)(CC)OC(CNCc1cc(F)cc(F)c1)c1c(Cl)nsc1Cl. The third-order valence-corrected chi connectivity index (χ3v) is 11.0. The largest absolute Gasteiger partial charge is 0.408 e. The highest BCUT2D eigenvalue weighted by Gasteiger charge is 2.34. The number of benzene rings is 1. The summed E-state index contributed by atoms with van der Waals surface area (Å²) in [5, 5.41) is 3.56. The molecule has 1 aromatic carbocycles. The Morgan fingerprint density at radius 3 is 2.19 bits per heavy atom. The van der Waals surface area contributed by atoms with Crippen LogP contribution in [0.1, 0.15) is 38.0 Å². The quantitative estimate of drug-likeness (QED) is 0.413. The monoisotopic (exact) mass is 452 g/mol. The minimum atomic E-state index is -1.93. The lowest BCUT2D eigenvalue weighted by molar-refractivity contribution is 0.186. The molecular weight excluding hydrogens is 429 g/mol. The maximum Gasteiger partial charge on any atom is 0.192 e. The molecule has 3 nitrogen and oxygen atoms in total. The second-order valence-electron chi connectivity index (χ2n) is 6.42. The van der Waals surface area contributed by atoms with E-state index in [0.717, 1.165) is 35.7 Å². The smallest absolute Gasteiger partial charge is 0.192 e. The van der Waals surface area contributed by atoms with Crippen molar-refractivity contribution >= 4 is 43.1 Å². The van der Waals surface area contributed by atoms with Crippen LogP contribution in [0.4, 0.5) is 8.78 Å². The summed E-state index contributed by atoms with van der Waals surface area (Å²) in [5.41, 5.74) is 1.21. The van der Waals surface area contributed by atoms with E-state index in [2.05, 4.69) is 30.5 Å². The molecule has 0 fully saturated rings. The molecule has 1 aromatic heterocycles. The van der Waals surface area contributed by atoms with Crippen LogP contribution in [0.15, 0.2) is 18.2 Å². The van der Waals surface area contributed by atoms with Gasteiger partial charge in [0.2, 0.25) is 0 Å². The fraction of sp³-hybridized carbons (Fsp3) is 0.500. The van der Waals surface area contributed by atoms with Crippen LogP contribution in [0.5, 0.6) is 0 Å². The lowest BCUT2D eigenvalue weighted by atomic mass is 10.2. The first-order valence-corrected chi connectivity index (χ1v) is 13.0. The zero-order chi connectivity index (χ0) is 20.0. The number of nitrogens with zero attached hydrogens (tertiary/aromatic N) is 1. The summed E-state index contributed by atoms with van der Waals surface area (Å²) < 4.78 is 38.0. The van der Waals surface area contributed by atoms with Crippen molar-refractivity contribution in [2.75, 3.05) is 6.54 Å². The van der Waals surface area contributed by atoms with Crippen LogP contribution in [-0.4, -0.2) is 19.2 Å². The zero-order valence-corrected chi connectivity index (χ0v) is 18.9. The van der Waals surface area contributed by atoms with Gasteiger partial charge in [-0.2, -0.15) is 4.37 Å². The topological polar surface area (TPSA) is 34.1 Å². The van der Waals surface area contributed by atoms with Crippen molar-refractivity contribution in [2.45, 2.75) is 51.6 Å². The maximum atomic E-state index is 13.4. The van der Waals surface area contributed by atoms with Gasteiger partial charge in [0, 0.05) is 24.7 Å². The Hall–Kier alpha value is -0.573. The molecule has 0 spiro atoms. The molecule has 0 saturated heterocycles. The van der Waals surface area contributed by atoms with Gasteiger partial charge in [-0.25, -0.2) is 8.78 Å². The molecule has 1 heterocycles. The van der Waals surface area contributed by atoms with Crippen LogP contribution in [0.2, 0.25) is 27.6 Å². The Labute approximate surface area is 174 Å². The summed E-state index contributed by atoms with van der Waals surface area (Å²) in [4.78, 5) is 0. The fourth-order valence-electron chi connectivity index (χ4n) is 3.08. The predicted molar refractivity (Wildman–Crippen MR) is 111 cm³/mol. The molecule has 0 aliphatic heterocycles. The Balaban J connectivity index is 2.17. The van der Waals surface area contributed by atoms with Crippen molar-refractivity contribution in [1.29, 1.82) is 0 Å². The van der Waals surface area contributed by atoms with E-state index < -0.39 is 20.0 Å². The Morgan fingerprint density at radius 2 is 1.70 bits per heavy atom. The molecule has 0 bridgehead atoms. The van der Waals surface area contributed by atoms with E-state index >= 15 is 0 Å². The Kier molecular flexibility index (Phi) is 8.64. The van der Waals surface area contributed by atoms with Crippen LogP contribution in [0.25, 0.3) is 0 Å². The highest BCUT2D eigenvalue weighted by molar-refractivity contribution is 7.11. The molecule has 0 aliphatic carbocycles. The molecule has 27 heavy (non-hydrogen) atoms. The summed E-state index contributed by atoms with van der Waals surface area (Å²) in [6.45, 7) is 7.17. The molecule has 150 valence electrons. The normalized spacial score (nSPS) is 13.1. The van der Waals surface area contributed by atoms with E-state index in [1.807, 2.05) is 0 Å². The van der Waals surface area contributed by atoms with Crippen LogP contribution < -0.4 is 5.32 Å². The van der Waals surface area contributed by atoms with Gasteiger partial charge in [-0.15, -0.1) is 0 Å². The first kappa shape index (κ1) is 22.7. The third kappa shape index (κ3) is 5.95. The van der Waals surface area contributed by atoms with Gasteiger partial charge in [0.05, 0.1) is 6.10 Å². The van der Waals surface area contributed by atoms with Gasteiger partial charge in [-0.1, -0.05) is 44.0 Å². The molecule has 1 unspecified atom stereocenters. The van der Waals surface area contributed by atoms with Gasteiger partial charge >= 0.3 is 0 Å². The van der Waals surface area contributed by atoms with E-state index in [9.17, 15) is 8.78 Å². The Bertz CT molecular complexity index is 711. The fourth-order valence-corrected chi connectivity index (χ4v) is 7.21. The van der Waals surface area contributed by atoms with Crippen molar-refractivity contribution in [2.24, 2.45) is 0 Å². The van der Waals surface area contributed by atoms with Crippen molar-refractivity contribution in [3.05, 3.63) is 50.4 Å². The van der Waals surface area contributed by atoms with Crippen molar-refractivity contribution in [1.82, 2.24) is 9.69 Å². The molecule has 0 radical (unpaired) electrons. The molecule has 2 rings (SSSR count).